The van der Waals surface area contributed by atoms with E-state index in [0.29, 0.717) is 27.2 Å². The lowest BCUT2D eigenvalue weighted by Gasteiger charge is -2.13. The molecular weight excluding hydrogens is 380 g/mol. The van der Waals surface area contributed by atoms with E-state index >= 15 is 0 Å². The molecule has 0 saturated heterocycles. The van der Waals surface area contributed by atoms with Gasteiger partial charge in [-0.05, 0) is 45.3 Å². The predicted octanol–water partition coefficient (Wildman–Crippen LogP) is 4.96. The van der Waals surface area contributed by atoms with Crippen LogP contribution in [0.3, 0.4) is 0 Å². The Morgan fingerprint density at radius 2 is 1.64 bits per heavy atom. The molecule has 4 nitrogen and oxygen atoms in total. The molecule has 3 rings (SSSR count). The minimum absolute atomic E-state index is 0.219. The molecule has 3 aromatic rings. The van der Waals surface area contributed by atoms with Gasteiger partial charge in [0.25, 0.3) is 5.91 Å². The first-order chi connectivity index (χ1) is 12.1. The van der Waals surface area contributed by atoms with Gasteiger partial charge in [-0.25, -0.2) is 0 Å². The van der Waals surface area contributed by atoms with Crippen LogP contribution >= 0.6 is 15.9 Å². The summed E-state index contributed by atoms with van der Waals surface area (Å²) in [4.78, 5) is 12.5. The molecule has 0 unspecified atom stereocenters. The third-order valence-corrected chi connectivity index (χ3v) is 4.41. The second-order valence-electron chi connectivity index (χ2n) is 5.48. The highest BCUT2D eigenvalue weighted by Crippen LogP contribution is 2.35. The van der Waals surface area contributed by atoms with E-state index in [9.17, 15) is 4.79 Å². The molecule has 126 valence electrons. The monoisotopic (exact) mass is 396 g/mol. The molecule has 25 heavy (non-hydrogen) atoms. The lowest BCUT2D eigenvalue weighted by atomic mass is 10.0. The van der Waals surface area contributed by atoms with Crippen LogP contribution in [0.15, 0.2) is 71.2 Å². The van der Waals surface area contributed by atoms with Crippen LogP contribution in [-0.2, 0) is 0 Å². The fourth-order valence-electron chi connectivity index (χ4n) is 2.51. The zero-order valence-electron chi connectivity index (χ0n) is 13.6. The summed E-state index contributed by atoms with van der Waals surface area (Å²) >= 11 is 3.41. The van der Waals surface area contributed by atoms with Crippen LogP contribution in [-0.4, -0.2) is 13.0 Å². The summed E-state index contributed by atoms with van der Waals surface area (Å²) in [5, 5.41) is 2.87. The summed E-state index contributed by atoms with van der Waals surface area (Å²) in [7, 11) is 1.53. The van der Waals surface area contributed by atoms with Crippen molar-refractivity contribution in [3.8, 4) is 16.9 Å². The van der Waals surface area contributed by atoms with Crippen LogP contribution in [0, 0.1) is 0 Å². The van der Waals surface area contributed by atoms with Gasteiger partial charge in [0.15, 0.2) is 0 Å². The van der Waals surface area contributed by atoms with Crippen molar-refractivity contribution in [3.05, 3.63) is 76.8 Å². The van der Waals surface area contributed by atoms with Crippen molar-refractivity contribution in [2.45, 2.75) is 0 Å². The van der Waals surface area contributed by atoms with Crippen LogP contribution in [0.4, 0.5) is 11.4 Å². The molecule has 3 aromatic carbocycles. The van der Waals surface area contributed by atoms with Gasteiger partial charge < -0.3 is 15.8 Å². The number of carbonyl (C=O) groups excluding carboxylic acids is 1. The number of methoxy groups -OCH3 is 1. The highest BCUT2D eigenvalue weighted by Gasteiger charge is 2.14. The molecule has 3 N–H and O–H groups in total. The van der Waals surface area contributed by atoms with E-state index in [0.717, 1.165) is 11.1 Å². The van der Waals surface area contributed by atoms with Crippen molar-refractivity contribution < 1.29 is 9.53 Å². The number of halogens is 1. The zero-order valence-corrected chi connectivity index (χ0v) is 15.2. The molecule has 0 fully saturated rings. The highest BCUT2D eigenvalue weighted by molar-refractivity contribution is 9.10. The average molecular weight is 397 g/mol. The van der Waals surface area contributed by atoms with Crippen molar-refractivity contribution in [1.82, 2.24) is 0 Å². The fraction of sp³-hybridized carbons (Fsp3) is 0.0500. The Labute approximate surface area is 154 Å². The molecule has 0 aliphatic carbocycles. The first-order valence-corrected chi connectivity index (χ1v) is 8.47. The van der Waals surface area contributed by atoms with E-state index in [1.54, 1.807) is 24.3 Å². The Balaban J connectivity index is 1.83. The number of rotatable bonds is 4. The maximum absolute atomic E-state index is 12.5. The number of benzene rings is 3. The van der Waals surface area contributed by atoms with Crippen molar-refractivity contribution in [1.29, 1.82) is 0 Å². The molecule has 0 saturated carbocycles. The van der Waals surface area contributed by atoms with Gasteiger partial charge in [-0.2, -0.15) is 0 Å². The van der Waals surface area contributed by atoms with E-state index < -0.39 is 0 Å². The molecule has 0 atom stereocenters. The number of nitrogens with two attached hydrogens (primary N) is 1. The Bertz CT molecular complexity index is 894. The molecule has 0 spiro atoms. The van der Waals surface area contributed by atoms with Gasteiger partial charge in [0.05, 0.1) is 12.8 Å². The van der Waals surface area contributed by atoms with Crippen LogP contribution < -0.4 is 15.8 Å². The number of anilines is 2. The van der Waals surface area contributed by atoms with Crippen LogP contribution in [0.5, 0.6) is 5.75 Å². The molecule has 0 aromatic heterocycles. The molecule has 0 heterocycles. The van der Waals surface area contributed by atoms with Crippen molar-refractivity contribution in [2.24, 2.45) is 0 Å². The number of nitrogen functional groups attached to an aromatic ring is 1. The number of hydrogen-bond donors (Lipinski definition) is 2. The number of nitrogens with one attached hydrogen (secondary N) is 1. The minimum Gasteiger partial charge on any atom is -0.494 e. The lowest BCUT2D eigenvalue weighted by molar-refractivity contribution is 0.102. The third kappa shape index (κ3) is 3.83. The van der Waals surface area contributed by atoms with Gasteiger partial charge in [0.2, 0.25) is 0 Å². The second-order valence-corrected chi connectivity index (χ2v) is 6.33. The number of amides is 1. The molecule has 0 bridgehead atoms. The van der Waals surface area contributed by atoms with Crippen LogP contribution in [0.2, 0.25) is 0 Å². The average Bonchev–Trinajstić information content (AvgIpc) is 2.64. The quantitative estimate of drug-likeness (QED) is 0.612. The van der Waals surface area contributed by atoms with Crippen LogP contribution in [0.25, 0.3) is 11.1 Å². The summed E-state index contributed by atoms with van der Waals surface area (Å²) in [6.07, 6.45) is 0. The molecule has 5 heteroatoms. The Morgan fingerprint density at radius 3 is 2.28 bits per heavy atom. The van der Waals surface area contributed by atoms with Crippen molar-refractivity contribution in [3.63, 3.8) is 0 Å². The summed E-state index contributed by atoms with van der Waals surface area (Å²) in [6, 6.07) is 20.9. The van der Waals surface area contributed by atoms with Crippen molar-refractivity contribution in [2.75, 3.05) is 18.2 Å². The topological polar surface area (TPSA) is 64.3 Å². The molecule has 1 amide bonds. The minimum atomic E-state index is -0.219. The maximum Gasteiger partial charge on any atom is 0.255 e. The number of ether oxygens (including phenoxy) is 1. The summed E-state index contributed by atoms with van der Waals surface area (Å²) in [5.41, 5.74) is 9.62. The fourth-order valence-corrected chi connectivity index (χ4v) is 3.07. The Hall–Kier alpha value is -2.79. The lowest BCUT2D eigenvalue weighted by Crippen LogP contribution is -2.13. The van der Waals surface area contributed by atoms with Gasteiger partial charge in [-0.15, -0.1) is 0 Å². The van der Waals surface area contributed by atoms with Gasteiger partial charge in [-0.3, -0.25) is 4.79 Å². The van der Waals surface area contributed by atoms with E-state index in [-0.39, 0.29) is 5.91 Å². The molecule has 0 aliphatic rings. The third-order valence-electron chi connectivity index (χ3n) is 3.79. The molecule has 0 aliphatic heterocycles. The maximum atomic E-state index is 12.5. The Kier molecular flexibility index (Phi) is 5.05. The zero-order chi connectivity index (χ0) is 17.8. The summed E-state index contributed by atoms with van der Waals surface area (Å²) < 4.78 is 5.96. The summed E-state index contributed by atoms with van der Waals surface area (Å²) in [6.45, 7) is 0. The predicted molar refractivity (Wildman–Crippen MR) is 105 cm³/mol. The van der Waals surface area contributed by atoms with E-state index in [1.807, 2.05) is 42.5 Å². The highest BCUT2D eigenvalue weighted by atomic mass is 79.9. The van der Waals surface area contributed by atoms with Gasteiger partial charge in [-0.1, -0.05) is 42.5 Å². The molecular formula is C20H17BrN2O2. The van der Waals surface area contributed by atoms with Gasteiger partial charge in [0.1, 0.15) is 5.75 Å². The smallest absolute Gasteiger partial charge is 0.255 e. The van der Waals surface area contributed by atoms with E-state index in [4.69, 9.17) is 10.5 Å². The number of carbonyl (C=O) groups is 1. The first kappa shape index (κ1) is 17.0. The molecule has 0 radical (unpaired) electrons. The SMILES string of the molecule is COc1cc(N)cc(Br)c1NC(=O)c1ccc(-c2ccccc2)cc1. The van der Waals surface area contributed by atoms with E-state index in [1.165, 1.54) is 7.11 Å². The van der Waals surface area contributed by atoms with Crippen LogP contribution in [0.1, 0.15) is 10.4 Å². The van der Waals surface area contributed by atoms with Gasteiger partial charge >= 0.3 is 0 Å². The van der Waals surface area contributed by atoms with Gasteiger partial charge in [0, 0.05) is 21.8 Å². The standard InChI is InChI=1S/C20H17BrN2O2/c1-25-18-12-16(22)11-17(21)19(18)23-20(24)15-9-7-14(8-10-15)13-5-3-2-4-6-13/h2-12H,22H2,1H3,(H,23,24). The normalized spacial score (nSPS) is 10.3. The number of hydrogen-bond acceptors (Lipinski definition) is 3. The second kappa shape index (κ2) is 7.40. The first-order valence-electron chi connectivity index (χ1n) is 7.68. The summed E-state index contributed by atoms with van der Waals surface area (Å²) in [5.74, 6) is 0.282. The Morgan fingerprint density at radius 1 is 1.00 bits per heavy atom. The van der Waals surface area contributed by atoms with E-state index in [2.05, 4.69) is 21.2 Å². The largest absolute Gasteiger partial charge is 0.494 e. The van der Waals surface area contributed by atoms with Crippen molar-refractivity contribution >= 4 is 33.2 Å².